The van der Waals surface area contributed by atoms with E-state index in [4.69, 9.17) is 0 Å². The maximum absolute atomic E-state index is 12.9. The van der Waals surface area contributed by atoms with Gasteiger partial charge in [-0.3, -0.25) is 4.79 Å². The van der Waals surface area contributed by atoms with Crippen LogP contribution in [0.5, 0.6) is 0 Å². The van der Waals surface area contributed by atoms with Gasteiger partial charge >= 0.3 is 0 Å². The first-order valence-corrected chi connectivity index (χ1v) is 8.91. The SMILES string of the molecule is C[C@H](NC(=O)Cc1csc(-c2cccs2)n1)c1ccc(F)cc1. The Kier molecular flexibility index (Phi) is 4.83. The molecule has 0 fully saturated rings. The molecular weight excluding hydrogens is 331 g/mol. The molecule has 0 aliphatic carbocycles. The molecule has 1 atom stereocenters. The number of halogens is 1. The molecule has 1 amide bonds. The van der Waals surface area contributed by atoms with Crippen LogP contribution >= 0.6 is 22.7 Å². The van der Waals surface area contributed by atoms with E-state index in [1.165, 1.54) is 12.1 Å². The summed E-state index contributed by atoms with van der Waals surface area (Å²) < 4.78 is 12.9. The average Bonchev–Trinajstić information content (AvgIpc) is 3.18. The lowest BCUT2D eigenvalue weighted by atomic mass is 10.1. The lowest BCUT2D eigenvalue weighted by Crippen LogP contribution is -2.28. The molecule has 118 valence electrons. The van der Waals surface area contributed by atoms with Crippen LogP contribution < -0.4 is 5.32 Å². The Labute approximate surface area is 141 Å². The van der Waals surface area contributed by atoms with Crippen LogP contribution in [0.3, 0.4) is 0 Å². The average molecular weight is 346 g/mol. The molecule has 0 saturated carbocycles. The zero-order chi connectivity index (χ0) is 16.2. The first-order chi connectivity index (χ1) is 11.1. The normalized spacial score (nSPS) is 12.1. The van der Waals surface area contributed by atoms with Crippen molar-refractivity contribution in [2.75, 3.05) is 0 Å². The first kappa shape index (κ1) is 15.8. The third kappa shape index (κ3) is 4.03. The van der Waals surface area contributed by atoms with Crippen LogP contribution in [0.4, 0.5) is 4.39 Å². The second-order valence-corrected chi connectivity index (χ2v) is 6.94. The van der Waals surface area contributed by atoms with E-state index in [2.05, 4.69) is 10.3 Å². The van der Waals surface area contributed by atoms with E-state index >= 15 is 0 Å². The zero-order valence-corrected chi connectivity index (χ0v) is 14.1. The molecule has 3 nitrogen and oxygen atoms in total. The van der Waals surface area contributed by atoms with Gasteiger partial charge in [-0.15, -0.1) is 22.7 Å². The summed E-state index contributed by atoms with van der Waals surface area (Å²) in [5, 5.41) is 7.77. The van der Waals surface area contributed by atoms with Crippen molar-refractivity contribution >= 4 is 28.6 Å². The Morgan fingerprint density at radius 1 is 1.26 bits per heavy atom. The Morgan fingerprint density at radius 2 is 2.04 bits per heavy atom. The number of hydrogen-bond donors (Lipinski definition) is 1. The van der Waals surface area contributed by atoms with Gasteiger partial charge in [0.1, 0.15) is 10.8 Å². The van der Waals surface area contributed by atoms with Gasteiger partial charge in [0.05, 0.1) is 23.0 Å². The fraction of sp³-hybridized carbons (Fsp3) is 0.176. The number of aromatic nitrogens is 1. The Hall–Kier alpha value is -2.05. The highest BCUT2D eigenvalue weighted by atomic mass is 32.1. The number of carbonyl (C=O) groups is 1. The molecule has 0 unspecified atom stereocenters. The second-order valence-electron chi connectivity index (χ2n) is 5.14. The minimum absolute atomic E-state index is 0.0927. The van der Waals surface area contributed by atoms with Gasteiger partial charge in [-0.1, -0.05) is 18.2 Å². The van der Waals surface area contributed by atoms with Crippen molar-refractivity contribution in [2.24, 2.45) is 0 Å². The minimum Gasteiger partial charge on any atom is -0.349 e. The number of amides is 1. The molecule has 1 aromatic carbocycles. The van der Waals surface area contributed by atoms with E-state index in [0.29, 0.717) is 0 Å². The predicted molar refractivity (Wildman–Crippen MR) is 92.1 cm³/mol. The van der Waals surface area contributed by atoms with Crippen LogP contribution in [0, 0.1) is 5.82 Å². The minimum atomic E-state index is -0.282. The molecular formula is C17H15FN2OS2. The quantitative estimate of drug-likeness (QED) is 0.742. The Morgan fingerprint density at radius 3 is 2.74 bits per heavy atom. The molecule has 0 bridgehead atoms. The van der Waals surface area contributed by atoms with Crippen molar-refractivity contribution in [1.82, 2.24) is 10.3 Å². The topological polar surface area (TPSA) is 42.0 Å². The number of nitrogens with one attached hydrogen (secondary N) is 1. The smallest absolute Gasteiger partial charge is 0.226 e. The lowest BCUT2D eigenvalue weighted by Gasteiger charge is -2.13. The monoisotopic (exact) mass is 346 g/mol. The van der Waals surface area contributed by atoms with E-state index < -0.39 is 0 Å². The molecule has 0 aliphatic heterocycles. The van der Waals surface area contributed by atoms with Crippen molar-refractivity contribution in [2.45, 2.75) is 19.4 Å². The van der Waals surface area contributed by atoms with Gasteiger partial charge in [0.2, 0.25) is 5.91 Å². The second kappa shape index (κ2) is 7.02. The standard InChI is InChI=1S/C17H15FN2OS2/c1-11(12-4-6-13(18)7-5-12)19-16(21)9-14-10-23-17(20-14)15-3-2-8-22-15/h2-8,10-11H,9H2,1H3,(H,19,21)/t11-/m0/s1. The highest BCUT2D eigenvalue weighted by molar-refractivity contribution is 7.20. The maximum atomic E-state index is 12.9. The fourth-order valence-electron chi connectivity index (χ4n) is 2.19. The molecule has 2 aromatic heterocycles. The van der Waals surface area contributed by atoms with Crippen molar-refractivity contribution < 1.29 is 9.18 Å². The van der Waals surface area contributed by atoms with E-state index in [-0.39, 0.29) is 24.2 Å². The summed E-state index contributed by atoms with van der Waals surface area (Å²) in [5.74, 6) is -0.374. The van der Waals surface area contributed by atoms with Gasteiger partial charge in [-0.2, -0.15) is 0 Å². The largest absolute Gasteiger partial charge is 0.349 e. The van der Waals surface area contributed by atoms with Crippen molar-refractivity contribution in [3.63, 3.8) is 0 Å². The van der Waals surface area contributed by atoms with Crippen LogP contribution in [-0.4, -0.2) is 10.9 Å². The van der Waals surface area contributed by atoms with Gasteiger partial charge in [0.25, 0.3) is 0 Å². The molecule has 0 radical (unpaired) electrons. The van der Waals surface area contributed by atoms with Gasteiger partial charge in [0, 0.05) is 5.38 Å². The van der Waals surface area contributed by atoms with Gasteiger partial charge in [0.15, 0.2) is 0 Å². The summed E-state index contributed by atoms with van der Waals surface area (Å²) in [7, 11) is 0. The van der Waals surface area contributed by atoms with E-state index in [1.807, 2.05) is 29.8 Å². The highest BCUT2D eigenvalue weighted by Gasteiger charge is 2.13. The summed E-state index contributed by atoms with van der Waals surface area (Å²) in [5.41, 5.74) is 1.64. The summed E-state index contributed by atoms with van der Waals surface area (Å²) in [6.07, 6.45) is 0.243. The summed E-state index contributed by atoms with van der Waals surface area (Å²) in [6.45, 7) is 1.88. The number of rotatable bonds is 5. The molecule has 0 aliphatic rings. The van der Waals surface area contributed by atoms with Crippen LogP contribution in [0.25, 0.3) is 9.88 Å². The van der Waals surface area contributed by atoms with Gasteiger partial charge < -0.3 is 5.32 Å². The first-order valence-electron chi connectivity index (χ1n) is 7.15. The van der Waals surface area contributed by atoms with E-state index in [1.54, 1.807) is 34.8 Å². The molecule has 3 aromatic rings. The van der Waals surface area contributed by atoms with Crippen LogP contribution in [0.1, 0.15) is 24.2 Å². The molecule has 0 spiro atoms. The molecule has 3 rings (SSSR count). The van der Waals surface area contributed by atoms with Crippen molar-refractivity contribution in [3.05, 3.63) is 64.2 Å². The summed E-state index contributed by atoms with van der Waals surface area (Å²) in [6, 6.07) is 9.98. The Balaban J connectivity index is 1.60. The molecule has 6 heteroatoms. The van der Waals surface area contributed by atoms with Crippen molar-refractivity contribution in [3.8, 4) is 9.88 Å². The predicted octanol–water partition coefficient (Wildman–Crippen LogP) is 4.43. The number of carbonyl (C=O) groups excluding carboxylic acids is 1. The van der Waals surface area contributed by atoms with E-state index in [9.17, 15) is 9.18 Å². The Bertz CT molecular complexity index is 781. The maximum Gasteiger partial charge on any atom is 0.226 e. The number of nitrogens with zero attached hydrogens (tertiary/aromatic N) is 1. The van der Waals surface area contributed by atoms with E-state index in [0.717, 1.165) is 21.1 Å². The molecule has 0 saturated heterocycles. The summed E-state index contributed by atoms with van der Waals surface area (Å²) in [4.78, 5) is 17.8. The third-order valence-electron chi connectivity index (χ3n) is 3.37. The number of thiazole rings is 1. The lowest BCUT2D eigenvalue weighted by molar-refractivity contribution is -0.121. The van der Waals surface area contributed by atoms with Crippen LogP contribution in [0.15, 0.2) is 47.2 Å². The molecule has 1 N–H and O–H groups in total. The van der Waals surface area contributed by atoms with Crippen LogP contribution in [0.2, 0.25) is 0 Å². The number of hydrogen-bond acceptors (Lipinski definition) is 4. The molecule has 23 heavy (non-hydrogen) atoms. The van der Waals surface area contributed by atoms with Crippen molar-refractivity contribution in [1.29, 1.82) is 0 Å². The highest BCUT2D eigenvalue weighted by Crippen LogP contribution is 2.27. The number of thiophene rings is 1. The zero-order valence-electron chi connectivity index (χ0n) is 12.5. The van der Waals surface area contributed by atoms with Crippen LogP contribution in [-0.2, 0) is 11.2 Å². The van der Waals surface area contributed by atoms with Gasteiger partial charge in [-0.05, 0) is 36.1 Å². The third-order valence-corrected chi connectivity index (χ3v) is 5.30. The number of benzene rings is 1. The molecule has 2 heterocycles. The van der Waals surface area contributed by atoms with Gasteiger partial charge in [-0.25, -0.2) is 9.37 Å². The fourth-order valence-corrected chi connectivity index (χ4v) is 3.83. The summed E-state index contributed by atoms with van der Waals surface area (Å²) >= 11 is 3.18.